The summed E-state index contributed by atoms with van der Waals surface area (Å²) in [6, 6.07) is 0. The predicted molar refractivity (Wildman–Crippen MR) is 70.0 cm³/mol. The van der Waals surface area contributed by atoms with Crippen LogP contribution in [0.1, 0.15) is 39.5 Å². The number of allylic oxidation sites excluding steroid dienone is 1. The molecule has 0 radical (unpaired) electrons. The predicted octanol–water partition coefficient (Wildman–Crippen LogP) is 3.38. The van der Waals surface area contributed by atoms with Crippen molar-refractivity contribution in [2.45, 2.75) is 51.7 Å². The molecule has 0 N–H and O–H groups in total. The number of hydrogen-bond acceptors (Lipinski definition) is 2. The molecule has 4 rings (SSSR count). The van der Waals surface area contributed by atoms with Gasteiger partial charge in [-0.2, -0.15) is 0 Å². The lowest BCUT2D eigenvalue weighted by Gasteiger charge is -2.35. The van der Waals surface area contributed by atoms with Gasteiger partial charge in [0.15, 0.2) is 0 Å². The van der Waals surface area contributed by atoms with Crippen LogP contribution in [0.2, 0.25) is 0 Å². The van der Waals surface area contributed by atoms with E-state index < -0.39 is 0 Å². The highest BCUT2D eigenvalue weighted by Gasteiger charge is 2.63. The van der Waals surface area contributed by atoms with Crippen LogP contribution in [0.3, 0.4) is 0 Å². The molecule has 0 aromatic carbocycles. The molecule has 4 bridgehead atoms. The average molecular weight is 248 g/mol. The van der Waals surface area contributed by atoms with Gasteiger partial charge in [-0.3, -0.25) is 0 Å². The first-order valence-corrected chi connectivity index (χ1v) is 7.64. The molecule has 4 fully saturated rings. The molecule has 2 aliphatic heterocycles. The number of fused-ring (bicyclic) bond motifs is 9. The van der Waals surface area contributed by atoms with E-state index >= 15 is 0 Å². The van der Waals surface area contributed by atoms with Crippen molar-refractivity contribution in [1.29, 1.82) is 0 Å². The Labute approximate surface area is 110 Å². The highest BCUT2D eigenvalue weighted by molar-refractivity contribution is 5.11. The van der Waals surface area contributed by atoms with Crippen LogP contribution in [0, 0.1) is 29.6 Å². The lowest BCUT2D eigenvalue weighted by Crippen LogP contribution is -2.38. The minimum Gasteiger partial charge on any atom is -0.501 e. The third-order valence-corrected chi connectivity index (χ3v) is 5.82. The standard InChI is InChI=1S/C16H24O2/c1-9(2)7-17-8-12-6-13-14-10-3-4-11(5-10)15(14)16(12)18-13/h7,10-16H,3-6,8H2,1-2H3. The van der Waals surface area contributed by atoms with Crippen LogP contribution in [0.25, 0.3) is 0 Å². The summed E-state index contributed by atoms with van der Waals surface area (Å²) in [4.78, 5) is 0. The van der Waals surface area contributed by atoms with E-state index in [2.05, 4.69) is 13.8 Å². The Bertz CT molecular complexity index is 371. The van der Waals surface area contributed by atoms with Gasteiger partial charge in [-0.15, -0.1) is 0 Å². The Morgan fingerprint density at radius 2 is 1.94 bits per heavy atom. The molecule has 2 saturated heterocycles. The van der Waals surface area contributed by atoms with E-state index in [0.29, 0.717) is 18.1 Å². The fourth-order valence-electron chi connectivity index (χ4n) is 5.37. The van der Waals surface area contributed by atoms with Crippen molar-refractivity contribution in [3.63, 3.8) is 0 Å². The zero-order chi connectivity index (χ0) is 12.3. The first-order valence-electron chi connectivity index (χ1n) is 7.64. The molecular weight excluding hydrogens is 224 g/mol. The van der Waals surface area contributed by atoms with Crippen LogP contribution in [0.5, 0.6) is 0 Å². The van der Waals surface area contributed by atoms with Crippen LogP contribution in [-0.4, -0.2) is 18.8 Å². The van der Waals surface area contributed by atoms with Gasteiger partial charge in [0.2, 0.25) is 0 Å². The molecule has 2 saturated carbocycles. The Hall–Kier alpha value is -0.500. The highest BCUT2D eigenvalue weighted by Crippen LogP contribution is 2.63. The Morgan fingerprint density at radius 3 is 2.72 bits per heavy atom. The molecule has 2 heterocycles. The van der Waals surface area contributed by atoms with Gasteiger partial charge in [-0.05, 0) is 68.8 Å². The fourth-order valence-corrected chi connectivity index (χ4v) is 5.37. The average Bonchev–Trinajstić information content (AvgIpc) is 3.06. The van der Waals surface area contributed by atoms with E-state index in [1.54, 1.807) is 0 Å². The van der Waals surface area contributed by atoms with Crippen molar-refractivity contribution in [2.75, 3.05) is 6.61 Å². The van der Waals surface area contributed by atoms with Gasteiger partial charge >= 0.3 is 0 Å². The second-order valence-electron chi connectivity index (χ2n) is 7.15. The molecule has 7 atom stereocenters. The van der Waals surface area contributed by atoms with Gasteiger partial charge in [-0.1, -0.05) is 0 Å². The minimum absolute atomic E-state index is 0.529. The van der Waals surface area contributed by atoms with Gasteiger partial charge in [0.05, 0.1) is 25.1 Å². The lowest BCUT2D eigenvalue weighted by atomic mass is 9.68. The van der Waals surface area contributed by atoms with Gasteiger partial charge in [0, 0.05) is 5.92 Å². The summed E-state index contributed by atoms with van der Waals surface area (Å²) in [6.07, 6.45) is 8.73. The van der Waals surface area contributed by atoms with Crippen LogP contribution < -0.4 is 0 Å². The third kappa shape index (κ3) is 1.51. The molecule has 2 aliphatic carbocycles. The first-order chi connectivity index (χ1) is 8.74. The van der Waals surface area contributed by atoms with E-state index in [0.717, 1.165) is 30.3 Å². The van der Waals surface area contributed by atoms with E-state index in [1.807, 2.05) is 6.26 Å². The van der Waals surface area contributed by atoms with Crippen molar-refractivity contribution in [2.24, 2.45) is 29.6 Å². The second kappa shape index (κ2) is 4.00. The molecule has 7 unspecified atom stereocenters. The van der Waals surface area contributed by atoms with Gasteiger partial charge in [0.1, 0.15) is 0 Å². The fraction of sp³-hybridized carbons (Fsp3) is 0.875. The zero-order valence-electron chi connectivity index (χ0n) is 11.5. The lowest BCUT2D eigenvalue weighted by molar-refractivity contribution is 0.0445. The minimum atomic E-state index is 0.529. The molecule has 4 aliphatic rings. The van der Waals surface area contributed by atoms with Crippen molar-refractivity contribution in [1.82, 2.24) is 0 Å². The van der Waals surface area contributed by atoms with Crippen molar-refractivity contribution >= 4 is 0 Å². The molecule has 18 heavy (non-hydrogen) atoms. The molecule has 2 nitrogen and oxygen atoms in total. The zero-order valence-corrected chi connectivity index (χ0v) is 11.5. The Morgan fingerprint density at radius 1 is 1.17 bits per heavy atom. The summed E-state index contributed by atoms with van der Waals surface area (Å²) in [7, 11) is 0. The van der Waals surface area contributed by atoms with E-state index in [9.17, 15) is 0 Å². The van der Waals surface area contributed by atoms with Gasteiger partial charge in [0.25, 0.3) is 0 Å². The number of hydrogen-bond donors (Lipinski definition) is 0. The molecular formula is C16H24O2. The molecule has 0 amide bonds. The summed E-state index contributed by atoms with van der Waals surface area (Å²) in [6.45, 7) is 5.04. The number of ether oxygens (including phenoxy) is 2. The van der Waals surface area contributed by atoms with Crippen molar-refractivity contribution < 1.29 is 9.47 Å². The summed E-state index contributed by atoms with van der Waals surface area (Å²) in [5.74, 6) is 4.47. The highest BCUT2D eigenvalue weighted by atomic mass is 16.5. The molecule has 2 heteroatoms. The van der Waals surface area contributed by atoms with E-state index in [-0.39, 0.29) is 0 Å². The quantitative estimate of drug-likeness (QED) is 0.713. The first kappa shape index (κ1) is 11.3. The number of rotatable bonds is 3. The monoisotopic (exact) mass is 248 g/mol. The largest absolute Gasteiger partial charge is 0.501 e. The maximum Gasteiger partial charge on any atom is 0.0927 e. The van der Waals surface area contributed by atoms with Crippen LogP contribution in [0.15, 0.2) is 11.8 Å². The molecule has 100 valence electrons. The second-order valence-corrected chi connectivity index (χ2v) is 7.15. The van der Waals surface area contributed by atoms with Crippen molar-refractivity contribution in [3.8, 4) is 0 Å². The van der Waals surface area contributed by atoms with Crippen LogP contribution in [-0.2, 0) is 9.47 Å². The maximum atomic E-state index is 6.29. The smallest absolute Gasteiger partial charge is 0.0927 e. The molecule has 0 aromatic heterocycles. The SMILES string of the molecule is CC(C)=COCC1CC2OC1C1C3CCC(C3)C21. The summed E-state index contributed by atoms with van der Waals surface area (Å²) < 4.78 is 12.0. The van der Waals surface area contributed by atoms with E-state index in [4.69, 9.17) is 9.47 Å². The summed E-state index contributed by atoms with van der Waals surface area (Å²) >= 11 is 0. The Kier molecular flexibility index (Phi) is 2.52. The van der Waals surface area contributed by atoms with Crippen LogP contribution >= 0.6 is 0 Å². The third-order valence-electron chi connectivity index (χ3n) is 5.82. The molecule has 0 aromatic rings. The van der Waals surface area contributed by atoms with Gasteiger partial charge in [-0.25, -0.2) is 0 Å². The normalized spacial score (nSPS) is 51.6. The van der Waals surface area contributed by atoms with Crippen molar-refractivity contribution in [3.05, 3.63) is 11.8 Å². The van der Waals surface area contributed by atoms with Gasteiger partial charge < -0.3 is 9.47 Å². The Balaban J connectivity index is 1.44. The molecule has 0 spiro atoms. The topological polar surface area (TPSA) is 18.5 Å². The summed E-state index contributed by atoms with van der Waals surface area (Å²) in [5, 5.41) is 0. The van der Waals surface area contributed by atoms with Crippen LogP contribution in [0.4, 0.5) is 0 Å². The summed E-state index contributed by atoms with van der Waals surface area (Å²) in [5.41, 5.74) is 1.25. The maximum absolute atomic E-state index is 6.29. The van der Waals surface area contributed by atoms with E-state index in [1.165, 1.54) is 31.3 Å².